The first kappa shape index (κ1) is 15.1. The zero-order chi connectivity index (χ0) is 14.5. The molecule has 0 aliphatic heterocycles. The van der Waals surface area contributed by atoms with Crippen molar-refractivity contribution >= 4 is 64.1 Å². The molecular formula is C11H6Cl3N3O2S. The van der Waals surface area contributed by atoms with Gasteiger partial charge in [0, 0.05) is 10.7 Å². The molecule has 0 radical (unpaired) electrons. The van der Waals surface area contributed by atoms with Crippen molar-refractivity contribution in [3.05, 3.63) is 43.8 Å². The normalized spacial score (nSPS) is 10.8. The minimum atomic E-state index is -0.754. The van der Waals surface area contributed by atoms with Crippen molar-refractivity contribution in [2.45, 2.75) is 0 Å². The number of halogens is 3. The molecule has 1 N–H and O–H groups in total. The van der Waals surface area contributed by atoms with Crippen LogP contribution in [0.1, 0.15) is 4.88 Å². The van der Waals surface area contributed by atoms with E-state index in [0.29, 0.717) is 15.6 Å². The number of hydrogen-bond donors (Lipinski definition) is 1. The Bertz CT molecular complexity index is 660. The van der Waals surface area contributed by atoms with Gasteiger partial charge in [-0.05, 0) is 18.2 Å². The molecule has 1 amide bonds. The molecule has 9 heteroatoms. The van der Waals surface area contributed by atoms with Crippen LogP contribution in [0.25, 0.3) is 0 Å². The number of thiazole rings is 1. The Morgan fingerprint density at radius 2 is 2.20 bits per heavy atom. The Labute approximate surface area is 133 Å². The molecule has 1 heterocycles. The fraction of sp³-hybridized carbons (Fsp3) is 0. The lowest BCUT2D eigenvalue weighted by Gasteiger charge is -2.02. The lowest BCUT2D eigenvalue weighted by atomic mass is 10.3. The zero-order valence-corrected chi connectivity index (χ0v) is 12.7. The van der Waals surface area contributed by atoms with Gasteiger partial charge in [0.1, 0.15) is 0 Å². The van der Waals surface area contributed by atoms with Gasteiger partial charge in [-0.1, -0.05) is 57.4 Å². The first-order valence-corrected chi connectivity index (χ1v) is 7.08. The van der Waals surface area contributed by atoms with E-state index in [0.717, 1.165) is 11.3 Å². The van der Waals surface area contributed by atoms with Gasteiger partial charge in [-0.3, -0.25) is 10.2 Å². The van der Waals surface area contributed by atoms with Gasteiger partial charge in [-0.2, -0.15) is 0 Å². The van der Waals surface area contributed by atoms with Crippen LogP contribution in [0.5, 0.6) is 0 Å². The summed E-state index contributed by atoms with van der Waals surface area (Å²) in [5.74, 6) is 0. The standard InChI is InChI=1S/C11H6Cl3N3O2S/c12-6-2-1-3-7(4-6)16-11(18)19-15-5-8-9(13)17-10(14)20-8/h1-5H,(H,16,18)/b15-5-. The summed E-state index contributed by atoms with van der Waals surface area (Å²) in [6.45, 7) is 0. The van der Waals surface area contributed by atoms with E-state index in [1.54, 1.807) is 24.3 Å². The number of aromatic nitrogens is 1. The van der Waals surface area contributed by atoms with Crippen LogP contribution < -0.4 is 5.32 Å². The lowest BCUT2D eigenvalue weighted by Crippen LogP contribution is -2.10. The molecule has 0 saturated carbocycles. The second-order valence-electron chi connectivity index (χ2n) is 3.37. The molecule has 0 bridgehead atoms. The van der Waals surface area contributed by atoms with Crippen LogP contribution >= 0.6 is 46.1 Å². The zero-order valence-electron chi connectivity index (χ0n) is 9.64. The van der Waals surface area contributed by atoms with Crippen molar-refractivity contribution in [1.29, 1.82) is 0 Å². The van der Waals surface area contributed by atoms with Crippen molar-refractivity contribution in [2.24, 2.45) is 5.16 Å². The summed E-state index contributed by atoms with van der Waals surface area (Å²) < 4.78 is 0.278. The number of hydrogen-bond acceptors (Lipinski definition) is 5. The van der Waals surface area contributed by atoms with E-state index in [-0.39, 0.29) is 9.62 Å². The van der Waals surface area contributed by atoms with E-state index in [2.05, 4.69) is 20.3 Å². The van der Waals surface area contributed by atoms with Crippen LogP contribution in [0.3, 0.4) is 0 Å². The molecule has 5 nitrogen and oxygen atoms in total. The topological polar surface area (TPSA) is 63.6 Å². The summed E-state index contributed by atoms with van der Waals surface area (Å²) in [7, 11) is 0. The van der Waals surface area contributed by atoms with Crippen LogP contribution in [0.4, 0.5) is 10.5 Å². The predicted molar refractivity (Wildman–Crippen MR) is 81.3 cm³/mol. The quantitative estimate of drug-likeness (QED) is 0.496. The molecule has 0 atom stereocenters. The van der Waals surface area contributed by atoms with Gasteiger partial charge in [0.2, 0.25) is 0 Å². The van der Waals surface area contributed by atoms with Crippen LogP contribution in [0.15, 0.2) is 29.4 Å². The van der Waals surface area contributed by atoms with E-state index in [1.165, 1.54) is 6.21 Å². The molecule has 0 aliphatic carbocycles. The van der Waals surface area contributed by atoms with Crippen molar-refractivity contribution in [1.82, 2.24) is 4.98 Å². The van der Waals surface area contributed by atoms with Gasteiger partial charge in [0.05, 0.1) is 11.1 Å². The van der Waals surface area contributed by atoms with Gasteiger partial charge < -0.3 is 0 Å². The number of nitrogens with zero attached hydrogens (tertiary/aromatic N) is 2. The summed E-state index contributed by atoms with van der Waals surface area (Å²) in [5, 5.41) is 6.64. The number of rotatable bonds is 3. The highest BCUT2D eigenvalue weighted by Crippen LogP contribution is 2.24. The number of amides is 1. The number of carbonyl (C=O) groups excluding carboxylic acids is 1. The summed E-state index contributed by atoms with van der Waals surface area (Å²) >= 11 is 18.3. The Hall–Kier alpha value is -1.34. The Kier molecular flexibility index (Phi) is 5.19. The second-order valence-corrected chi connectivity index (χ2v) is 5.78. The third kappa shape index (κ3) is 4.35. The number of carbonyl (C=O) groups is 1. The van der Waals surface area contributed by atoms with Crippen LogP contribution in [-0.2, 0) is 4.84 Å². The van der Waals surface area contributed by atoms with Gasteiger partial charge in [0.15, 0.2) is 9.62 Å². The minimum Gasteiger partial charge on any atom is -0.298 e. The monoisotopic (exact) mass is 349 g/mol. The average molecular weight is 351 g/mol. The Morgan fingerprint density at radius 1 is 1.40 bits per heavy atom. The van der Waals surface area contributed by atoms with E-state index in [9.17, 15) is 4.79 Å². The molecule has 2 rings (SSSR count). The predicted octanol–water partition coefficient (Wildman–Crippen LogP) is 4.69. The molecule has 1 aromatic heterocycles. The maximum absolute atomic E-state index is 11.4. The number of oxime groups is 1. The van der Waals surface area contributed by atoms with Crippen molar-refractivity contribution in [3.8, 4) is 0 Å². The highest BCUT2D eigenvalue weighted by atomic mass is 35.5. The van der Waals surface area contributed by atoms with Crippen LogP contribution in [0, 0.1) is 0 Å². The fourth-order valence-corrected chi connectivity index (χ4v) is 2.61. The molecule has 0 fully saturated rings. The lowest BCUT2D eigenvalue weighted by molar-refractivity contribution is 0.167. The minimum absolute atomic E-state index is 0.197. The SMILES string of the molecule is O=C(Nc1cccc(Cl)c1)O/N=C\c1sc(Cl)nc1Cl. The first-order chi connectivity index (χ1) is 9.54. The fourth-order valence-electron chi connectivity index (χ4n) is 1.20. The van der Waals surface area contributed by atoms with E-state index >= 15 is 0 Å². The maximum Gasteiger partial charge on any atom is 0.437 e. The van der Waals surface area contributed by atoms with Gasteiger partial charge in [-0.25, -0.2) is 9.78 Å². The average Bonchev–Trinajstić information content (AvgIpc) is 2.68. The highest BCUT2D eigenvalue weighted by Gasteiger charge is 2.06. The molecule has 0 spiro atoms. The summed E-state index contributed by atoms with van der Waals surface area (Å²) in [4.78, 5) is 20.3. The molecule has 20 heavy (non-hydrogen) atoms. The molecule has 104 valence electrons. The molecule has 0 unspecified atom stereocenters. The van der Waals surface area contributed by atoms with Crippen molar-refractivity contribution in [2.75, 3.05) is 5.32 Å². The van der Waals surface area contributed by atoms with Crippen LogP contribution in [0.2, 0.25) is 14.6 Å². The maximum atomic E-state index is 11.4. The third-order valence-electron chi connectivity index (χ3n) is 1.96. The molecule has 0 aliphatic rings. The van der Waals surface area contributed by atoms with Gasteiger partial charge in [-0.15, -0.1) is 0 Å². The third-order valence-corrected chi connectivity index (χ3v) is 3.69. The van der Waals surface area contributed by atoms with E-state index < -0.39 is 6.09 Å². The van der Waals surface area contributed by atoms with E-state index in [1.807, 2.05) is 0 Å². The largest absolute Gasteiger partial charge is 0.437 e. The van der Waals surface area contributed by atoms with Crippen LogP contribution in [-0.4, -0.2) is 17.3 Å². The van der Waals surface area contributed by atoms with Crippen molar-refractivity contribution in [3.63, 3.8) is 0 Å². The van der Waals surface area contributed by atoms with Gasteiger partial charge in [0.25, 0.3) is 0 Å². The summed E-state index contributed by atoms with van der Waals surface area (Å²) in [5.41, 5.74) is 0.497. The second kappa shape index (κ2) is 6.90. The van der Waals surface area contributed by atoms with E-state index in [4.69, 9.17) is 34.8 Å². The molecule has 1 aromatic carbocycles. The van der Waals surface area contributed by atoms with Gasteiger partial charge >= 0.3 is 6.09 Å². The molecule has 2 aromatic rings. The molecular weight excluding hydrogens is 345 g/mol. The number of anilines is 1. The Balaban J connectivity index is 1.91. The smallest absolute Gasteiger partial charge is 0.298 e. The Morgan fingerprint density at radius 3 is 2.85 bits per heavy atom. The molecule has 0 saturated heterocycles. The number of benzene rings is 1. The summed E-state index contributed by atoms with van der Waals surface area (Å²) in [6.07, 6.45) is 0.499. The number of nitrogens with one attached hydrogen (secondary N) is 1. The highest BCUT2D eigenvalue weighted by molar-refractivity contribution is 7.17. The van der Waals surface area contributed by atoms with Crippen molar-refractivity contribution < 1.29 is 9.63 Å². The first-order valence-electron chi connectivity index (χ1n) is 5.13. The summed E-state index contributed by atoms with van der Waals surface area (Å²) in [6, 6.07) is 6.62.